The molecule has 0 saturated heterocycles. The van der Waals surface area contributed by atoms with Crippen LogP contribution in [0.4, 0.5) is 0 Å². The second-order valence-electron chi connectivity index (χ2n) is 5.37. The first-order chi connectivity index (χ1) is 8.33. The normalized spacial score (nSPS) is 23.4. The van der Waals surface area contributed by atoms with Gasteiger partial charge in [-0.15, -0.1) is 0 Å². The fraction of sp³-hybridized carbons (Fsp3) is 0.625. The largest absolute Gasteiger partial charge is 0.324 e. The third-order valence-corrected chi connectivity index (χ3v) is 4.14. The van der Waals surface area contributed by atoms with Crippen molar-refractivity contribution in [1.29, 1.82) is 0 Å². The zero-order valence-electron chi connectivity index (χ0n) is 11.0. The molecule has 2 atom stereocenters. The van der Waals surface area contributed by atoms with Gasteiger partial charge in [0.05, 0.1) is 0 Å². The number of hydrogen-bond donors (Lipinski definition) is 1. The zero-order chi connectivity index (χ0) is 12.1. The van der Waals surface area contributed by atoms with E-state index in [0.29, 0.717) is 5.92 Å². The van der Waals surface area contributed by atoms with E-state index in [1.54, 1.807) is 0 Å². The molecule has 2 rings (SSSR count). The van der Waals surface area contributed by atoms with Gasteiger partial charge in [0, 0.05) is 6.04 Å². The summed E-state index contributed by atoms with van der Waals surface area (Å²) in [6.45, 7) is 2.27. The van der Waals surface area contributed by atoms with E-state index >= 15 is 0 Å². The molecular weight excluding hydrogens is 206 g/mol. The van der Waals surface area contributed by atoms with Crippen molar-refractivity contribution in [2.24, 2.45) is 11.7 Å². The number of aryl methyl sites for hydroxylation is 1. The van der Waals surface area contributed by atoms with Crippen LogP contribution in [0.15, 0.2) is 24.3 Å². The Morgan fingerprint density at radius 3 is 2.82 bits per heavy atom. The number of nitrogens with two attached hydrogens (primary N) is 1. The molecule has 0 spiro atoms. The van der Waals surface area contributed by atoms with E-state index in [-0.39, 0.29) is 6.04 Å². The molecule has 17 heavy (non-hydrogen) atoms. The number of benzene rings is 1. The number of fused-ring (bicyclic) bond motifs is 1. The maximum Gasteiger partial charge on any atom is 0.0326 e. The summed E-state index contributed by atoms with van der Waals surface area (Å²) in [5.41, 5.74) is 9.28. The van der Waals surface area contributed by atoms with Crippen molar-refractivity contribution in [3.8, 4) is 0 Å². The molecule has 0 aliphatic heterocycles. The lowest BCUT2D eigenvalue weighted by Crippen LogP contribution is -2.27. The van der Waals surface area contributed by atoms with Gasteiger partial charge in [-0.25, -0.2) is 0 Å². The van der Waals surface area contributed by atoms with Crippen LogP contribution in [0.2, 0.25) is 0 Å². The van der Waals surface area contributed by atoms with E-state index in [2.05, 4.69) is 31.2 Å². The zero-order valence-corrected chi connectivity index (χ0v) is 11.0. The van der Waals surface area contributed by atoms with Crippen LogP contribution in [0.5, 0.6) is 0 Å². The molecule has 94 valence electrons. The quantitative estimate of drug-likeness (QED) is 0.754. The Hall–Kier alpha value is -0.820. The van der Waals surface area contributed by atoms with Gasteiger partial charge in [0.2, 0.25) is 0 Å². The number of rotatable bonds is 5. The lowest BCUT2D eigenvalue weighted by atomic mass is 9.78. The molecule has 1 aromatic carbocycles. The van der Waals surface area contributed by atoms with Gasteiger partial charge in [-0.05, 0) is 36.3 Å². The molecule has 2 unspecified atom stereocenters. The predicted molar refractivity (Wildman–Crippen MR) is 73.9 cm³/mol. The van der Waals surface area contributed by atoms with Crippen LogP contribution >= 0.6 is 0 Å². The summed E-state index contributed by atoms with van der Waals surface area (Å²) in [5.74, 6) is 0.710. The highest BCUT2D eigenvalue weighted by Crippen LogP contribution is 2.35. The standard InChI is InChI=1S/C16H25N/c1-2-3-4-5-9-14-12-11-13-8-6-7-10-15(13)16(14)17/h6-8,10,14,16H,2-5,9,11-12,17H2,1H3. The summed E-state index contributed by atoms with van der Waals surface area (Å²) >= 11 is 0. The molecule has 0 amide bonds. The summed E-state index contributed by atoms with van der Waals surface area (Å²) in [6, 6.07) is 8.99. The molecule has 0 radical (unpaired) electrons. The molecule has 1 aliphatic carbocycles. The smallest absolute Gasteiger partial charge is 0.0326 e. The van der Waals surface area contributed by atoms with Crippen molar-refractivity contribution in [2.75, 3.05) is 0 Å². The summed E-state index contributed by atoms with van der Waals surface area (Å²) in [7, 11) is 0. The monoisotopic (exact) mass is 231 g/mol. The third kappa shape index (κ3) is 3.10. The van der Waals surface area contributed by atoms with E-state index in [9.17, 15) is 0 Å². The lowest BCUT2D eigenvalue weighted by Gasteiger charge is -2.31. The van der Waals surface area contributed by atoms with Gasteiger partial charge in [0.1, 0.15) is 0 Å². The highest BCUT2D eigenvalue weighted by atomic mass is 14.7. The minimum absolute atomic E-state index is 0.279. The van der Waals surface area contributed by atoms with Gasteiger partial charge in [0.15, 0.2) is 0 Å². The molecule has 1 nitrogen and oxygen atoms in total. The van der Waals surface area contributed by atoms with Crippen LogP contribution in [0, 0.1) is 5.92 Å². The average molecular weight is 231 g/mol. The Morgan fingerprint density at radius 2 is 2.00 bits per heavy atom. The topological polar surface area (TPSA) is 26.0 Å². The van der Waals surface area contributed by atoms with Gasteiger partial charge in [-0.3, -0.25) is 0 Å². The molecule has 0 aromatic heterocycles. The van der Waals surface area contributed by atoms with Crippen molar-refractivity contribution in [3.05, 3.63) is 35.4 Å². The third-order valence-electron chi connectivity index (χ3n) is 4.14. The Kier molecular flexibility index (Phi) is 4.61. The summed E-state index contributed by atoms with van der Waals surface area (Å²) < 4.78 is 0. The van der Waals surface area contributed by atoms with Crippen LogP contribution in [0.3, 0.4) is 0 Å². The fourth-order valence-corrected chi connectivity index (χ4v) is 3.02. The van der Waals surface area contributed by atoms with Gasteiger partial charge < -0.3 is 5.73 Å². The van der Waals surface area contributed by atoms with Crippen molar-refractivity contribution < 1.29 is 0 Å². The van der Waals surface area contributed by atoms with E-state index < -0.39 is 0 Å². The predicted octanol–water partition coefficient (Wildman–Crippen LogP) is 4.22. The van der Waals surface area contributed by atoms with Crippen molar-refractivity contribution >= 4 is 0 Å². The molecule has 0 saturated carbocycles. The minimum atomic E-state index is 0.279. The lowest BCUT2D eigenvalue weighted by molar-refractivity contribution is 0.342. The molecule has 0 fully saturated rings. The van der Waals surface area contributed by atoms with E-state index in [4.69, 9.17) is 5.73 Å². The first-order valence-electron chi connectivity index (χ1n) is 7.16. The Bertz CT molecular complexity index is 345. The molecule has 1 aromatic rings. The van der Waals surface area contributed by atoms with Crippen molar-refractivity contribution in [2.45, 2.75) is 57.9 Å². The van der Waals surface area contributed by atoms with Crippen LogP contribution < -0.4 is 5.73 Å². The highest BCUT2D eigenvalue weighted by Gasteiger charge is 2.25. The van der Waals surface area contributed by atoms with Crippen molar-refractivity contribution in [3.63, 3.8) is 0 Å². The van der Waals surface area contributed by atoms with E-state index in [1.165, 1.54) is 56.1 Å². The van der Waals surface area contributed by atoms with E-state index in [1.807, 2.05) is 0 Å². The first-order valence-corrected chi connectivity index (χ1v) is 7.16. The van der Waals surface area contributed by atoms with Crippen molar-refractivity contribution in [1.82, 2.24) is 0 Å². The SMILES string of the molecule is CCCCCCC1CCc2ccccc2C1N. The van der Waals surface area contributed by atoms with Crippen LogP contribution in [-0.2, 0) is 6.42 Å². The number of hydrogen-bond acceptors (Lipinski definition) is 1. The average Bonchev–Trinajstić information content (AvgIpc) is 2.37. The van der Waals surface area contributed by atoms with Gasteiger partial charge in [0.25, 0.3) is 0 Å². The van der Waals surface area contributed by atoms with E-state index in [0.717, 1.165) is 0 Å². The Labute approximate surface area is 105 Å². The Balaban J connectivity index is 1.90. The second kappa shape index (κ2) is 6.20. The van der Waals surface area contributed by atoms with Gasteiger partial charge in [-0.2, -0.15) is 0 Å². The summed E-state index contributed by atoms with van der Waals surface area (Å²) in [6.07, 6.45) is 9.25. The fourth-order valence-electron chi connectivity index (χ4n) is 3.02. The maximum atomic E-state index is 6.41. The first kappa shape index (κ1) is 12.6. The second-order valence-corrected chi connectivity index (χ2v) is 5.37. The molecule has 2 N–H and O–H groups in total. The molecular formula is C16H25N. The Morgan fingerprint density at radius 1 is 1.18 bits per heavy atom. The molecule has 0 bridgehead atoms. The maximum absolute atomic E-state index is 6.41. The van der Waals surface area contributed by atoms with Crippen LogP contribution in [0.25, 0.3) is 0 Å². The summed E-state index contributed by atoms with van der Waals surface area (Å²) in [4.78, 5) is 0. The van der Waals surface area contributed by atoms with Gasteiger partial charge >= 0.3 is 0 Å². The molecule has 1 aliphatic rings. The number of unbranched alkanes of at least 4 members (excludes halogenated alkanes) is 3. The highest BCUT2D eigenvalue weighted by molar-refractivity contribution is 5.32. The summed E-state index contributed by atoms with van der Waals surface area (Å²) in [5, 5.41) is 0. The van der Waals surface area contributed by atoms with Crippen LogP contribution in [0.1, 0.15) is 62.6 Å². The molecule has 0 heterocycles. The minimum Gasteiger partial charge on any atom is -0.324 e. The molecule has 1 heteroatoms. The van der Waals surface area contributed by atoms with Gasteiger partial charge in [-0.1, -0.05) is 56.9 Å². The van der Waals surface area contributed by atoms with Crippen LogP contribution in [-0.4, -0.2) is 0 Å².